The first-order chi connectivity index (χ1) is 6.77. The number of ether oxygens (including phenoxy) is 1. The molecule has 3 heteroatoms. The van der Waals surface area contributed by atoms with E-state index in [0.717, 1.165) is 12.8 Å². The van der Waals surface area contributed by atoms with Gasteiger partial charge in [-0.15, -0.1) is 0 Å². The molecule has 0 amide bonds. The Balaban J connectivity index is 2.65. The van der Waals surface area contributed by atoms with E-state index in [0.29, 0.717) is 12.2 Å². The third kappa shape index (κ3) is 2.74. The van der Waals surface area contributed by atoms with Gasteiger partial charge in [-0.1, -0.05) is 13.3 Å². The molecule has 0 saturated heterocycles. The van der Waals surface area contributed by atoms with Crippen LogP contribution in [0.25, 0.3) is 0 Å². The van der Waals surface area contributed by atoms with E-state index in [9.17, 15) is 4.39 Å². The Labute approximate surface area is 82.9 Å². The molecule has 1 rings (SSSR count). The van der Waals surface area contributed by atoms with Crippen LogP contribution in [0.2, 0.25) is 0 Å². The highest BCUT2D eigenvalue weighted by atomic mass is 19.1. The van der Waals surface area contributed by atoms with Crippen LogP contribution in [0.4, 0.5) is 4.39 Å². The minimum Gasteiger partial charge on any atom is -0.491 e. The highest BCUT2D eigenvalue weighted by molar-refractivity contribution is 5.35. The predicted molar refractivity (Wildman–Crippen MR) is 51.5 cm³/mol. The van der Waals surface area contributed by atoms with E-state index in [1.54, 1.807) is 6.07 Å². The lowest BCUT2D eigenvalue weighted by atomic mass is 10.2. The molecule has 0 atom stereocenters. The molecule has 0 bridgehead atoms. The summed E-state index contributed by atoms with van der Waals surface area (Å²) < 4.78 is 18.4. The standard InChI is InChI=1S/C11H12FNO/c1-2-3-6-14-11-5-4-9(8-13)7-10(11)12/h4-5,7H,2-3,6H2,1H3. The van der Waals surface area contributed by atoms with Gasteiger partial charge in [-0.25, -0.2) is 4.39 Å². The van der Waals surface area contributed by atoms with Crippen LogP contribution in [-0.4, -0.2) is 6.61 Å². The maximum atomic E-state index is 13.2. The van der Waals surface area contributed by atoms with Crippen LogP contribution in [0.3, 0.4) is 0 Å². The van der Waals surface area contributed by atoms with Crippen LogP contribution >= 0.6 is 0 Å². The fraction of sp³-hybridized carbons (Fsp3) is 0.364. The average molecular weight is 193 g/mol. The summed E-state index contributed by atoms with van der Waals surface area (Å²) in [5, 5.41) is 8.51. The van der Waals surface area contributed by atoms with Gasteiger partial charge in [0.25, 0.3) is 0 Å². The molecule has 0 unspecified atom stereocenters. The van der Waals surface area contributed by atoms with Crippen molar-refractivity contribution < 1.29 is 9.13 Å². The molecular formula is C11H12FNO. The van der Waals surface area contributed by atoms with Crippen molar-refractivity contribution in [1.82, 2.24) is 0 Å². The summed E-state index contributed by atoms with van der Waals surface area (Å²) in [6.07, 6.45) is 1.91. The van der Waals surface area contributed by atoms with Gasteiger partial charge >= 0.3 is 0 Å². The second kappa shape index (κ2) is 5.23. The molecule has 0 aliphatic heterocycles. The van der Waals surface area contributed by atoms with Gasteiger partial charge in [-0.05, 0) is 24.6 Å². The van der Waals surface area contributed by atoms with Crippen LogP contribution < -0.4 is 4.74 Å². The molecule has 0 heterocycles. The summed E-state index contributed by atoms with van der Waals surface area (Å²) in [4.78, 5) is 0. The molecule has 74 valence electrons. The number of hydrogen-bond acceptors (Lipinski definition) is 2. The molecule has 0 fully saturated rings. The third-order valence-corrected chi connectivity index (χ3v) is 1.82. The Bertz CT molecular complexity index is 344. The summed E-state index contributed by atoms with van der Waals surface area (Å²) in [5.74, 6) is -0.252. The SMILES string of the molecule is CCCCOc1ccc(C#N)cc1F. The van der Waals surface area contributed by atoms with Crippen molar-refractivity contribution in [2.45, 2.75) is 19.8 Å². The zero-order valence-electron chi connectivity index (χ0n) is 8.09. The van der Waals surface area contributed by atoms with Gasteiger partial charge in [0, 0.05) is 0 Å². The van der Waals surface area contributed by atoms with E-state index in [2.05, 4.69) is 0 Å². The van der Waals surface area contributed by atoms with E-state index >= 15 is 0 Å². The highest BCUT2D eigenvalue weighted by Gasteiger charge is 2.03. The predicted octanol–water partition coefficient (Wildman–Crippen LogP) is 2.88. The fourth-order valence-corrected chi connectivity index (χ4v) is 1.01. The Hall–Kier alpha value is -1.56. The third-order valence-electron chi connectivity index (χ3n) is 1.82. The van der Waals surface area contributed by atoms with Gasteiger partial charge in [0.2, 0.25) is 0 Å². The van der Waals surface area contributed by atoms with Gasteiger partial charge in [0.1, 0.15) is 0 Å². The van der Waals surface area contributed by atoms with Crippen molar-refractivity contribution in [2.75, 3.05) is 6.61 Å². The monoisotopic (exact) mass is 193 g/mol. The van der Waals surface area contributed by atoms with Gasteiger partial charge in [-0.3, -0.25) is 0 Å². The van der Waals surface area contributed by atoms with E-state index in [1.807, 2.05) is 13.0 Å². The summed E-state index contributed by atoms with van der Waals surface area (Å²) in [6.45, 7) is 2.55. The second-order valence-corrected chi connectivity index (χ2v) is 2.96. The Morgan fingerprint density at radius 3 is 2.86 bits per heavy atom. The lowest BCUT2D eigenvalue weighted by Gasteiger charge is -2.05. The Kier molecular flexibility index (Phi) is 3.93. The number of benzene rings is 1. The molecule has 0 aliphatic rings. The van der Waals surface area contributed by atoms with E-state index in [-0.39, 0.29) is 5.75 Å². The number of hydrogen-bond donors (Lipinski definition) is 0. The van der Waals surface area contributed by atoms with Crippen molar-refractivity contribution in [2.24, 2.45) is 0 Å². The van der Waals surface area contributed by atoms with Crippen LogP contribution in [0.15, 0.2) is 18.2 Å². The summed E-state index contributed by atoms with van der Waals surface area (Å²) in [7, 11) is 0. The number of halogens is 1. The number of unbranched alkanes of at least 4 members (excludes halogenated alkanes) is 1. The Morgan fingerprint density at radius 2 is 2.29 bits per heavy atom. The van der Waals surface area contributed by atoms with Crippen molar-refractivity contribution in [3.63, 3.8) is 0 Å². The van der Waals surface area contributed by atoms with Crippen molar-refractivity contribution in [3.05, 3.63) is 29.6 Å². The molecule has 1 aromatic rings. The number of nitrogens with zero attached hydrogens (tertiary/aromatic N) is 1. The fourth-order valence-electron chi connectivity index (χ4n) is 1.01. The van der Waals surface area contributed by atoms with Crippen molar-refractivity contribution in [3.8, 4) is 11.8 Å². The first-order valence-electron chi connectivity index (χ1n) is 4.60. The molecular weight excluding hydrogens is 181 g/mol. The van der Waals surface area contributed by atoms with Gasteiger partial charge in [0.05, 0.1) is 18.2 Å². The van der Waals surface area contributed by atoms with Crippen LogP contribution in [0, 0.1) is 17.1 Å². The van der Waals surface area contributed by atoms with Gasteiger partial charge < -0.3 is 4.74 Å². The maximum Gasteiger partial charge on any atom is 0.166 e. The molecule has 0 N–H and O–H groups in total. The molecule has 14 heavy (non-hydrogen) atoms. The summed E-state index contributed by atoms with van der Waals surface area (Å²) in [5.41, 5.74) is 0.311. The average Bonchev–Trinajstić information content (AvgIpc) is 2.20. The molecule has 2 nitrogen and oxygen atoms in total. The van der Waals surface area contributed by atoms with Crippen molar-refractivity contribution >= 4 is 0 Å². The second-order valence-electron chi connectivity index (χ2n) is 2.96. The quantitative estimate of drug-likeness (QED) is 0.689. The van der Waals surface area contributed by atoms with Crippen LogP contribution in [0.5, 0.6) is 5.75 Å². The molecule has 0 aliphatic carbocycles. The minimum atomic E-state index is -0.472. The highest BCUT2D eigenvalue weighted by Crippen LogP contribution is 2.18. The first-order valence-corrected chi connectivity index (χ1v) is 4.60. The van der Waals surface area contributed by atoms with Gasteiger partial charge in [-0.2, -0.15) is 5.26 Å². The first kappa shape index (κ1) is 10.5. The van der Waals surface area contributed by atoms with Crippen molar-refractivity contribution in [1.29, 1.82) is 5.26 Å². The lowest BCUT2D eigenvalue weighted by molar-refractivity contribution is 0.294. The minimum absolute atomic E-state index is 0.220. The van der Waals surface area contributed by atoms with Gasteiger partial charge in [0.15, 0.2) is 11.6 Å². The molecule has 0 radical (unpaired) electrons. The van der Waals surface area contributed by atoms with Crippen LogP contribution in [-0.2, 0) is 0 Å². The number of nitriles is 1. The maximum absolute atomic E-state index is 13.2. The van der Waals surface area contributed by atoms with E-state index in [1.165, 1.54) is 12.1 Å². The number of rotatable bonds is 4. The van der Waals surface area contributed by atoms with Crippen LogP contribution in [0.1, 0.15) is 25.3 Å². The lowest BCUT2D eigenvalue weighted by Crippen LogP contribution is -1.98. The molecule has 1 aromatic carbocycles. The summed E-state index contributed by atoms with van der Waals surface area (Å²) in [6, 6.07) is 6.08. The smallest absolute Gasteiger partial charge is 0.166 e. The zero-order valence-corrected chi connectivity index (χ0v) is 8.09. The van der Waals surface area contributed by atoms with E-state index in [4.69, 9.17) is 10.00 Å². The molecule has 0 saturated carbocycles. The summed E-state index contributed by atoms with van der Waals surface area (Å²) >= 11 is 0. The topological polar surface area (TPSA) is 33.0 Å². The van der Waals surface area contributed by atoms with E-state index < -0.39 is 5.82 Å². The molecule has 0 aromatic heterocycles. The zero-order chi connectivity index (χ0) is 10.4. The molecule has 0 spiro atoms. The largest absolute Gasteiger partial charge is 0.491 e. The normalized spacial score (nSPS) is 9.50. The Morgan fingerprint density at radius 1 is 1.50 bits per heavy atom.